The van der Waals surface area contributed by atoms with Gasteiger partial charge < -0.3 is 5.11 Å². The van der Waals surface area contributed by atoms with Crippen molar-refractivity contribution in [3.8, 4) is 11.8 Å². The van der Waals surface area contributed by atoms with E-state index in [0.29, 0.717) is 24.4 Å². The molecule has 0 atom stereocenters. The van der Waals surface area contributed by atoms with Crippen LogP contribution in [0.2, 0.25) is 0 Å². The molecule has 0 aliphatic rings. The molecule has 0 spiro atoms. The highest BCUT2D eigenvalue weighted by atomic mass is 32.2. The fraction of sp³-hybridized carbons (Fsp3) is 0.533. The van der Waals surface area contributed by atoms with E-state index in [1.54, 1.807) is 0 Å². The minimum atomic E-state index is -3.54. The molecule has 5 nitrogen and oxygen atoms in total. The molecule has 21 heavy (non-hydrogen) atoms. The van der Waals surface area contributed by atoms with Gasteiger partial charge in [-0.05, 0) is 24.8 Å². The molecule has 0 radical (unpaired) electrons. The molecule has 1 rings (SSSR count). The molecule has 0 saturated heterocycles. The monoisotopic (exact) mass is 310 g/mol. The van der Waals surface area contributed by atoms with E-state index in [0.717, 1.165) is 12.8 Å². The molecule has 6 heteroatoms. The van der Waals surface area contributed by atoms with E-state index in [2.05, 4.69) is 35.4 Å². The molecule has 0 fully saturated rings. The average Bonchev–Trinajstić information content (AvgIpc) is 2.44. The van der Waals surface area contributed by atoms with Crippen molar-refractivity contribution >= 4 is 10.0 Å². The zero-order chi connectivity index (χ0) is 15.7. The summed E-state index contributed by atoms with van der Waals surface area (Å²) in [6.07, 6.45) is 4.95. The lowest BCUT2D eigenvalue weighted by molar-refractivity contribution is 0.305. The second kappa shape index (κ2) is 8.78. The summed E-state index contributed by atoms with van der Waals surface area (Å²) in [5.41, 5.74) is 0.522. The normalized spacial score (nSPS) is 11.2. The Morgan fingerprint density at radius 2 is 2.14 bits per heavy atom. The summed E-state index contributed by atoms with van der Waals surface area (Å²) >= 11 is 0. The van der Waals surface area contributed by atoms with Gasteiger partial charge in [-0.1, -0.05) is 25.7 Å². The van der Waals surface area contributed by atoms with Crippen molar-refractivity contribution in [3.63, 3.8) is 0 Å². The van der Waals surface area contributed by atoms with Gasteiger partial charge in [0.25, 0.3) is 0 Å². The molecule has 2 N–H and O–H groups in total. The van der Waals surface area contributed by atoms with Crippen LogP contribution in [0.5, 0.6) is 0 Å². The van der Waals surface area contributed by atoms with Gasteiger partial charge in [0.05, 0.1) is 6.61 Å². The molecule has 0 aromatic carbocycles. The Morgan fingerprint density at radius 3 is 2.81 bits per heavy atom. The first-order chi connectivity index (χ1) is 9.95. The summed E-state index contributed by atoms with van der Waals surface area (Å²) in [7, 11) is -3.54. The van der Waals surface area contributed by atoms with Gasteiger partial charge in [0.2, 0.25) is 10.0 Å². The SMILES string of the molecule is CC(C)CCCNS(=O)(=O)c1cncc(C#CCCO)c1. The molecule has 1 aromatic rings. The number of nitrogens with one attached hydrogen (secondary N) is 1. The van der Waals surface area contributed by atoms with Gasteiger partial charge in [-0.25, -0.2) is 13.1 Å². The maximum Gasteiger partial charge on any atom is 0.242 e. The molecule has 116 valence electrons. The second-order valence-electron chi connectivity index (χ2n) is 5.12. The van der Waals surface area contributed by atoms with E-state index < -0.39 is 10.0 Å². The van der Waals surface area contributed by atoms with Crippen LogP contribution >= 0.6 is 0 Å². The van der Waals surface area contributed by atoms with Crippen molar-refractivity contribution in [2.75, 3.05) is 13.2 Å². The Balaban J connectivity index is 2.70. The fourth-order valence-electron chi connectivity index (χ4n) is 1.65. The summed E-state index contributed by atoms with van der Waals surface area (Å²) in [5, 5.41) is 8.66. The summed E-state index contributed by atoms with van der Waals surface area (Å²) in [4.78, 5) is 4.02. The first-order valence-electron chi connectivity index (χ1n) is 7.00. The van der Waals surface area contributed by atoms with Gasteiger partial charge in [-0.3, -0.25) is 4.98 Å². The Kier molecular flexibility index (Phi) is 7.37. The first-order valence-corrected chi connectivity index (χ1v) is 8.48. The number of pyridine rings is 1. The first kappa shape index (κ1) is 17.6. The van der Waals surface area contributed by atoms with Crippen molar-refractivity contribution in [2.24, 2.45) is 5.92 Å². The van der Waals surface area contributed by atoms with Crippen LogP contribution in [0.4, 0.5) is 0 Å². The van der Waals surface area contributed by atoms with Gasteiger partial charge in [-0.2, -0.15) is 0 Å². The van der Waals surface area contributed by atoms with Crippen LogP contribution in [0.15, 0.2) is 23.4 Å². The summed E-state index contributed by atoms with van der Waals surface area (Å²) in [5.74, 6) is 6.07. The van der Waals surface area contributed by atoms with Crippen LogP contribution in [0.3, 0.4) is 0 Å². The molecular formula is C15H22N2O3S. The molecule has 0 aliphatic carbocycles. The van der Waals surface area contributed by atoms with E-state index in [1.807, 2.05) is 0 Å². The average molecular weight is 310 g/mol. The van der Waals surface area contributed by atoms with Gasteiger partial charge in [0.1, 0.15) is 4.90 Å². The number of hydrogen-bond acceptors (Lipinski definition) is 4. The molecule has 0 amide bonds. The van der Waals surface area contributed by atoms with Gasteiger partial charge in [-0.15, -0.1) is 0 Å². The minimum absolute atomic E-state index is 0.0180. The number of hydrogen-bond donors (Lipinski definition) is 2. The number of aliphatic hydroxyl groups excluding tert-OH is 1. The zero-order valence-electron chi connectivity index (χ0n) is 12.5. The Labute approximate surface area is 126 Å². The molecular weight excluding hydrogens is 288 g/mol. The van der Waals surface area contributed by atoms with Crippen LogP contribution in [0.1, 0.15) is 38.7 Å². The molecule has 0 aliphatic heterocycles. The van der Waals surface area contributed by atoms with Crippen molar-refractivity contribution in [2.45, 2.75) is 38.0 Å². The number of sulfonamides is 1. The zero-order valence-corrected chi connectivity index (χ0v) is 13.3. The topological polar surface area (TPSA) is 79.3 Å². The van der Waals surface area contributed by atoms with Crippen molar-refractivity contribution in [1.29, 1.82) is 0 Å². The highest BCUT2D eigenvalue weighted by Crippen LogP contribution is 2.09. The van der Waals surface area contributed by atoms with Crippen molar-refractivity contribution < 1.29 is 13.5 Å². The highest BCUT2D eigenvalue weighted by Gasteiger charge is 2.14. The molecule has 0 bridgehead atoms. The lowest BCUT2D eigenvalue weighted by Gasteiger charge is -2.08. The number of nitrogens with zero attached hydrogens (tertiary/aromatic N) is 1. The van der Waals surface area contributed by atoms with E-state index in [9.17, 15) is 8.42 Å². The van der Waals surface area contributed by atoms with Crippen LogP contribution < -0.4 is 4.72 Å². The molecule has 0 saturated carbocycles. The predicted molar refractivity (Wildman–Crippen MR) is 82.1 cm³/mol. The van der Waals surface area contributed by atoms with Crippen LogP contribution in [-0.2, 0) is 10.0 Å². The van der Waals surface area contributed by atoms with E-state index in [4.69, 9.17) is 5.11 Å². The molecule has 1 heterocycles. The maximum atomic E-state index is 12.1. The quantitative estimate of drug-likeness (QED) is 0.591. The second-order valence-corrected chi connectivity index (χ2v) is 6.89. The standard InChI is InChI=1S/C15H22N2O3S/c1-13(2)6-5-8-17-21(19,20)15-10-14(11-16-12-15)7-3-4-9-18/h10-13,17-18H,4-6,8-9H2,1-2H3. The molecule has 1 aromatic heterocycles. The summed E-state index contributed by atoms with van der Waals surface area (Å²) in [6.45, 7) is 4.61. The van der Waals surface area contributed by atoms with Gasteiger partial charge in [0.15, 0.2) is 0 Å². The predicted octanol–water partition coefficient (Wildman–Crippen LogP) is 1.53. The molecule has 0 unspecified atom stereocenters. The number of aliphatic hydroxyl groups is 1. The Bertz CT molecular complexity index is 601. The van der Waals surface area contributed by atoms with Crippen molar-refractivity contribution in [1.82, 2.24) is 9.71 Å². The summed E-state index contributed by atoms with van der Waals surface area (Å²) in [6, 6.07) is 1.49. The number of rotatable bonds is 7. The number of aromatic nitrogens is 1. The van der Waals surface area contributed by atoms with E-state index in [1.165, 1.54) is 18.5 Å². The lowest BCUT2D eigenvalue weighted by atomic mass is 10.1. The van der Waals surface area contributed by atoms with Gasteiger partial charge >= 0.3 is 0 Å². The third kappa shape index (κ3) is 6.71. The third-order valence-electron chi connectivity index (χ3n) is 2.74. The largest absolute Gasteiger partial charge is 0.395 e. The van der Waals surface area contributed by atoms with Gasteiger partial charge in [0, 0.05) is 30.9 Å². The van der Waals surface area contributed by atoms with Crippen LogP contribution in [0.25, 0.3) is 0 Å². The van der Waals surface area contributed by atoms with Crippen LogP contribution in [0, 0.1) is 17.8 Å². The smallest absolute Gasteiger partial charge is 0.242 e. The van der Waals surface area contributed by atoms with E-state index >= 15 is 0 Å². The summed E-state index contributed by atoms with van der Waals surface area (Å²) < 4.78 is 26.8. The Morgan fingerprint density at radius 1 is 1.38 bits per heavy atom. The minimum Gasteiger partial charge on any atom is -0.395 e. The maximum absolute atomic E-state index is 12.1. The highest BCUT2D eigenvalue weighted by molar-refractivity contribution is 7.89. The van der Waals surface area contributed by atoms with E-state index in [-0.39, 0.29) is 11.5 Å². The Hall–Kier alpha value is -1.42. The van der Waals surface area contributed by atoms with Crippen molar-refractivity contribution in [3.05, 3.63) is 24.0 Å². The fourth-order valence-corrected chi connectivity index (χ4v) is 2.72. The third-order valence-corrected chi connectivity index (χ3v) is 4.17. The van der Waals surface area contributed by atoms with Crippen LogP contribution in [-0.4, -0.2) is 31.7 Å². The lowest BCUT2D eigenvalue weighted by Crippen LogP contribution is -2.25.